The van der Waals surface area contributed by atoms with Gasteiger partial charge >= 0.3 is 0 Å². The van der Waals surface area contributed by atoms with Gasteiger partial charge in [-0.25, -0.2) is 9.37 Å². The van der Waals surface area contributed by atoms with Gasteiger partial charge < -0.3 is 19.9 Å². The second kappa shape index (κ2) is 10.3. The first-order valence-corrected chi connectivity index (χ1v) is 12.6. The van der Waals surface area contributed by atoms with Gasteiger partial charge in [-0.1, -0.05) is 46.8 Å². The van der Waals surface area contributed by atoms with E-state index in [-0.39, 0.29) is 17.3 Å². The van der Waals surface area contributed by atoms with E-state index >= 15 is 0 Å². The molecule has 1 aliphatic heterocycles. The second-order valence-electron chi connectivity index (χ2n) is 10.9. The van der Waals surface area contributed by atoms with Crippen LogP contribution in [0.2, 0.25) is 0 Å². The third kappa shape index (κ3) is 5.55. The summed E-state index contributed by atoms with van der Waals surface area (Å²) in [5.41, 5.74) is 4.23. The number of ether oxygens (including phenoxy) is 1. The second-order valence-corrected chi connectivity index (χ2v) is 10.9. The molecule has 0 bridgehead atoms. The van der Waals surface area contributed by atoms with Crippen LogP contribution in [0.3, 0.4) is 0 Å². The van der Waals surface area contributed by atoms with Crippen LogP contribution in [0.25, 0.3) is 0 Å². The molecule has 2 heterocycles. The van der Waals surface area contributed by atoms with Crippen molar-refractivity contribution in [2.24, 2.45) is 5.92 Å². The fourth-order valence-corrected chi connectivity index (χ4v) is 4.59. The van der Waals surface area contributed by atoms with Gasteiger partial charge in [0, 0.05) is 31.0 Å². The SMILES string of the molecule is COc1ccc(N2CCN(c3ncc(F)c(Nc4cc(C(C)(C)C)ccc4C)n3)C(C(C)C)C2)cc1. The van der Waals surface area contributed by atoms with E-state index < -0.39 is 5.82 Å². The first-order chi connectivity index (χ1) is 17.1. The molecule has 7 heteroatoms. The van der Waals surface area contributed by atoms with E-state index in [0.717, 1.165) is 42.3 Å². The third-order valence-electron chi connectivity index (χ3n) is 6.97. The Balaban J connectivity index is 1.58. The summed E-state index contributed by atoms with van der Waals surface area (Å²) in [6.07, 6.45) is 1.28. The quantitative estimate of drug-likeness (QED) is 0.435. The van der Waals surface area contributed by atoms with Gasteiger partial charge in [0.1, 0.15) is 5.75 Å². The third-order valence-corrected chi connectivity index (χ3v) is 6.97. The topological polar surface area (TPSA) is 53.5 Å². The van der Waals surface area contributed by atoms with E-state index in [2.05, 4.69) is 90.0 Å². The Hall–Kier alpha value is -3.35. The van der Waals surface area contributed by atoms with Crippen molar-refractivity contribution in [1.82, 2.24) is 9.97 Å². The zero-order valence-corrected chi connectivity index (χ0v) is 22.5. The van der Waals surface area contributed by atoms with Crippen LogP contribution >= 0.6 is 0 Å². The summed E-state index contributed by atoms with van der Waals surface area (Å²) >= 11 is 0. The molecule has 36 heavy (non-hydrogen) atoms. The van der Waals surface area contributed by atoms with Gasteiger partial charge in [0.25, 0.3) is 0 Å². The lowest BCUT2D eigenvalue weighted by atomic mass is 9.86. The average molecular weight is 492 g/mol. The molecule has 1 saturated heterocycles. The maximum atomic E-state index is 14.9. The van der Waals surface area contributed by atoms with Crippen LogP contribution in [0.4, 0.5) is 27.5 Å². The Morgan fingerprint density at radius 1 is 1.08 bits per heavy atom. The van der Waals surface area contributed by atoms with E-state index in [1.165, 1.54) is 11.8 Å². The number of aromatic nitrogens is 2. The minimum Gasteiger partial charge on any atom is -0.497 e. The van der Waals surface area contributed by atoms with Gasteiger partial charge in [-0.05, 0) is 59.7 Å². The molecule has 0 radical (unpaired) electrons. The van der Waals surface area contributed by atoms with Crippen molar-refractivity contribution in [3.8, 4) is 5.75 Å². The highest BCUT2D eigenvalue weighted by Gasteiger charge is 2.31. The Morgan fingerprint density at radius 2 is 1.81 bits per heavy atom. The first-order valence-electron chi connectivity index (χ1n) is 12.6. The standard InChI is InChI=1S/C29H38FN5O/c1-19(2)26-18-34(22-10-12-23(36-7)13-11-22)14-15-35(26)28-31-17-24(30)27(33-28)32-25-16-21(29(4,5)6)9-8-20(25)3/h8-13,16-17,19,26H,14-15,18H2,1-7H3,(H,31,32,33). The average Bonchev–Trinajstić information content (AvgIpc) is 2.85. The van der Waals surface area contributed by atoms with E-state index in [0.29, 0.717) is 11.9 Å². The van der Waals surface area contributed by atoms with Crippen molar-refractivity contribution < 1.29 is 9.13 Å². The number of hydrogen-bond donors (Lipinski definition) is 1. The fraction of sp³-hybridized carbons (Fsp3) is 0.448. The number of nitrogens with zero attached hydrogens (tertiary/aromatic N) is 4. The largest absolute Gasteiger partial charge is 0.497 e. The number of methoxy groups -OCH3 is 1. The van der Waals surface area contributed by atoms with Gasteiger partial charge in [0.15, 0.2) is 11.6 Å². The lowest BCUT2D eigenvalue weighted by Crippen LogP contribution is -2.56. The molecule has 0 aliphatic carbocycles. The molecule has 192 valence electrons. The predicted molar refractivity (Wildman–Crippen MR) is 146 cm³/mol. The number of aryl methyl sites for hydroxylation is 1. The van der Waals surface area contributed by atoms with Crippen molar-refractivity contribution in [2.45, 2.75) is 53.0 Å². The van der Waals surface area contributed by atoms with Gasteiger partial charge in [-0.2, -0.15) is 4.98 Å². The summed E-state index contributed by atoms with van der Waals surface area (Å²) in [6, 6.07) is 14.6. The molecule has 0 saturated carbocycles. The van der Waals surface area contributed by atoms with Gasteiger partial charge in [0.05, 0.1) is 19.3 Å². The monoisotopic (exact) mass is 491 g/mol. The highest BCUT2D eigenvalue weighted by atomic mass is 19.1. The highest BCUT2D eigenvalue weighted by molar-refractivity contribution is 5.63. The molecule has 1 fully saturated rings. The summed E-state index contributed by atoms with van der Waals surface area (Å²) in [5.74, 6) is 1.51. The maximum Gasteiger partial charge on any atom is 0.227 e. The minimum atomic E-state index is -0.461. The van der Waals surface area contributed by atoms with Crippen LogP contribution in [-0.2, 0) is 5.41 Å². The maximum absolute atomic E-state index is 14.9. The summed E-state index contributed by atoms with van der Waals surface area (Å²) in [7, 11) is 1.68. The number of hydrogen-bond acceptors (Lipinski definition) is 6. The fourth-order valence-electron chi connectivity index (χ4n) is 4.59. The zero-order chi connectivity index (χ0) is 26.0. The Morgan fingerprint density at radius 3 is 2.44 bits per heavy atom. The molecule has 0 spiro atoms. The summed E-state index contributed by atoms with van der Waals surface area (Å²) in [5, 5.41) is 3.25. The molecule has 1 N–H and O–H groups in total. The zero-order valence-electron chi connectivity index (χ0n) is 22.5. The molecule has 1 unspecified atom stereocenters. The van der Waals surface area contributed by atoms with Crippen molar-refractivity contribution in [2.75, 3.05) is 41.9 Å². The lowest BCUT2D eigenvalue weighted by Gasteiger charge is -2.44. The normalized spacial score (nSPS) is 16.4. The molecule has 6 nitrogen and oxygen atoms in total. The molecule has 3 aromatic rings. The van der Waals surface area contributed by atoms with Crippen molar-refractivity contribution >= 4 is 23.1 Å². The minimum absolute atomic E-state index is 0.00640. The first kappa shape index (κ1) is 25.7. The molecule has 1 atom stereocenters. The lowest BCUT2D eigenvalue weighted by molar-refractivity contribution is 0.410. The molecular formula is C29H38FN5O. The molecular weight excluding hydrogens is 453 g/mol. The number of anilines is 4. The van der Waals surface area contributed by atoms with Crippen molar-refractivity contribution in [3.05, 3.63) is 65.6 Å². The van der Waals surface area contributed by atoms with E-state index in [9.17, 15) is 4.39 Å². The van der Waals surface area contributed by atoms with Crippen LogP contribution in [0.1, 0.15) is 45.7 Å². The van der Waals surface area contributed by atoms with E-state index in [1.807, 2.05) is 19.1 Å². The Labute approximate surface area is 214 Å². The van der Waals surface area contributed by atoms with Crippen molar-refractivity contribution in [1.29, 1.82) is 0 Å². The molecule has 2 aromatic carbocycles. The van der Waals surface area contributed by atoms with Gasteiger partial charge in [-0.3, -0.25) is 0 Å². The number of benzene rings is 2. The van der Waals surface area contributed by atoms with E-state index in [1.54, 1.807) is 7.11 Å². The summed E-state index contributed by atoms with van der Waals surface area (Å²) in [4.78, 5) is 13.7. The van der Waals surface area contributed by atoms with Crippen LogP contribution in [0.15, 0.2) is 48.7 Å². The predicted octanol–water partition coefficient (Wildman–Crippen LogP) is 6.33. The molecule has 1 aromatic heterocycles. The number of halogens is 1. The Kier molecular flexibility index (Phi) is 7.38. The molecule has 0 amide bonds. The van der Waals surface area contributed by atoms with Crippen LogP contribution in [0, 0.1) is 18.7 Å². The summed E-state index contributed by atoms with van der Waals surface area (Å²) in [6.45, 7) is 15.3. The highest BCUT2D eigenvalue weighted by Crippen LogP contribution is 2.31. The van der Waals surface area contributed by atoms with Crippen LogP contribution < -0.4 is 19.9 Å². The van der Waals surface area contributed by atoms with Crippen molar-refractivity contribution in [3.63, 3.8) is 0 Å². The summed E-state index contributed by atoms with van der Waals surface area (Å²) < 4.78 is 20.2. The van der Waals surface area contributed by atoms with Gasteiger partial charge in [-0.15, -0.1) is 0 Å². The molecule has 4 rings (SSSR count). The number of rotatable bonds is 6. The smallest absolute Gasteiger partial charge is 0.227 e. The molecule has 1 aliphatic rings. The van der Waals surface area contributed by atoms with E-state index in [4.69, 9.17) is 4.74 Å². The Bertz CT molecular complexity index is 1190. The number of piperazine rings is 1. The van der Waals surface area contributed by atoms with Crippen LogP contribution in [-0.4, -0.2) is 42.8 Å². The van der Waals surface area contributed by atoms with Gasteiger partial charge in [0.2, 0.25) is 5.95 Å². The number of nitrogens with one attached hydrogen (secondary N) is 1. The van der Waals surface area contributed by atoms with Crippen LogP contribution in [0.5, 0.6) is 5.75 Å².